The van der Waals surface area contributed by atoms with Gasteiger partial charge in [0.15, 0.2) is 6.10 Å². The van der Waals surface area contributed by atoms with Crippen LogP contribution in [0.3, 0.4) is 0 Å². The van der Waals surface area contributed by atoms with E-state index in [4.69, 9.17) is 14.4 Å². The highest BCUT2D eigenvalue weighted by Gasteiger charge is 2.22. The lowest BCUT2D eigenvalue weighted by Crippen LogP contribution is -2.29. The maximum atomic E-state index is 12.3. The van der Waals surface area contributed by atoms with E-state index in [1.54, 1.807) is 24.3 Å². The number of hydrogen-bond acceptors (Lipinski definition) is 7. The van der Waals surface area contributed by atoms with Crippen LogP contribution in [0.5, 0.6) is 0 Å². The predicted molar refractivity (Wildman–Crippen MR) is 105 cm³/mol. The van der Waals surface area contributed by atoms with E-state index in [0.29, 0.717) is 22.6 Å². The Labute approximate surface area is 170 Å². The zero-order valence-corrected chi connectivity index (χ0v) is 15.7. The van der Waals surface area contributed by atoms with Gasteiger partial charge in [-0.1, -0.05) is 0 Å². The number of amides is 1. The molecule has 9 nitrogen and oxygen atoms in total. The average molecular weight is 405 g/mol. The van der Waals surface area contributed by atoms with Gasteiger partial charge in [-0.05, 0) is 55.5 Å². The van der Waals surface area contributed by atoms with Crippen LogP contribution in [0.25, 0.3) is 11.3 Å². The molecular weight excluding hydrogens is 390 g/mol. The van der Waals surface area contributed by atoms with Crippen LogP contribution in [-0.2, 0) is 9.53 Å². The second-order valence-electron chi connectivity index (χ2n) is 6.19. The Morgan fingerprint density at radius 3 is 2.37 bits per heavy atom. The summed E-state index contributed by atoms with van der Waals surface area (Å²) >= 11 is 0. The lowest BCUT2D eigenvalue weighted by Gasteiger charge is -2.12. The lowest BCUT2D eigenvalue weighted by molar-refractivity contribution is -0.384. The van der Waals surface area contributed by atoms with Gasteiger partial charge < -0.3 is 14.5 Å². The van der Waals surface area contributed by atoms with Gasteiger partial charge in [0.25, 0.3) is 11.6 Å². The first-order chi connectivity index (χ1) is 14.4. The molecule has 0 spiro atoms. The highest BCUT2D eigenvalue weighted by atomic mass is 16.6. The summed E-state index contributed by atoms with van der Waals surface area (Å²) in [6, 6.07) is 16.8. The summed E-state index contributed by atoms with van der Waals surface area (Å²) < 4.78 is 10.6. The van der Waals surface area contributed by atoms with Crippen molar-refractivity contribution in [1.29, 1.82) is 5.26 Å². The number of nitrogens with zero attached hydrogens (tertiary/aromatic N) is 2. The SMILES string of the molecule is CC(OC(=O)c1ccc(-c2ccc([N+](=O)[O-])cc2)o1)C(=O)Nc1ccc(C#N)cc1. The lowest BCUT2D eigenvalue weighted by atomic mass is 10.1. The molecule has 0 aliphatic heterocycles. The molecule has 1 aromatic heterocycles. The number of anilines is 1. The smallest absolute Gasteiger partial charge is 0.375 e. The number of nitro benzene ring substituents is 1. The minimum absolute atomic E-state index is 0.0629. The van der Waals surface area contributed by atoms with Crippen LogP contribution in [0, 0.1) is 21.4 Å². The monoisotopic (exact) mass is 405 g/mol. The van der Waals surface area contributed by atoms with Gasteiger partial charge in [-0.25, -0.2) is 4.79 Å². The number of carbonyl (C=O) groups is 2. The number of rotatable bonds is 6. The number of nitro groups is 1. The highest BCUT2D eigenvalue weighted by molar-refractivity contribution is 5.96. The number of non-ortho nitro benzene ring substituents is 1. The fourth-order valence-electron chi connectivity index (χ4n) is 2.49. The fourth-order valence-corrected chi connectivity index (χ4v) is 2.49. The standard InChI is InChI=1S/C21H15N3O6/c1-13(20(25)23-16-6-2-14(12-22)3-7-16)29-21(26)19-11-10-18(30-19)15-4-8-17(9-5-15)24(27)28/h2-11,13H,1H3,(H,23,25). The van der Waals surface area contributed by atoms with E-state index in [1.807, 2.05) is 6.07 Å². The van der Waals surface area contributed by atoms with E-state index in [0.717, 1.165) is 0 Å². The molecule has 0 fully saturated rings. The maximum Gasteiger partial charge on any atom is 0.375 e. The number of hydrogen-bond donors (Lipinski definition) is 1. The Morgan fingerprint density at radius 1 is 1.10 bits per heavy atom. The quantitative estimate of drug-likeness (QED) is 0.373. The van der Waals surface area contributed by atoms with E-state index in [2.05, 4.69) is 5.32 Å². The molecule has 0 saturated carbocycles. The zero-order chi connectivity index (χ0) is 21.7. The van der Waals surface area contributed by atoms with Crippen molar-refractivity contribution in [1.82, 2.24) is 0 Å². The van der Waals surface area contributed by atoms with Crippen LogP contribution in [-0.4, -0.2) is 22.9 Å². The van der Waals surface area contributed by atoms with E-state index in [9.17, 15) is 19.7 Å². The second-order valence-corrected chi connectivity index (χ2v) is 6.19. The first-order valence-electron chi connectivity index (χ1n) is 8.74. The molecule has 30 heavy (non-hydrogen) atoms. The number of esters is 1. The van der Waals surface area contributed by atoms with E-state index in [-0.39, 0.29) is 11.4 Å². The molecule has 3 aromatic rings. The topological polar surface area (TPSA) is 135 Å². The first kappa shape index (κ1) is 20.3. The summed E-state index contributed by atoms with van der Waals surface area (Å²) in [5.74, 6) is -1.16. The summed E-state index contributed by atoms with van der Waals surface area (Å²) in [7, 11) is 0. The molecule has 9 heteroatoms. The van der Waals surface area contributed by atoms with Gasteiger partial charge in [0.1, 0.15) is 5.76 Å². The van der Waals surface area contributed by atoms with Crippen LogP contribution < -0.4 is 5.32 Å². The molecule has 0 aliphatic rings. The Hall–Kier alpha value is -4.45. The molecule has 1 unspecified atom stereocenters. The van der Waals surface area contributed by atoms with Crippen molar-refractivity contribution < 1.29 is 23.7 Å². The Balaban J connectivity index is 1.61. The summed E-state index contributed by atoms with van der Waals surface area (Å²) in [6.45, 7) is 1.41. The van der Waals surface area contributed by atoms with Crippen LogP contribution in [0.4, 0.5) is 11.4 Å². The summed E-state index contributed by atoms with van der Waals surface area (Å²) in [6.07, 6.45) is -1.10. The van der Waals surface area contributed by atoms with Crippen LogP contribution in [0.15, 0.2) is 65.1 Å². The fraction of sp³-hybridized carbons (Fsp3) is 0.0952. The first-order valence-corrected chi connectivity index (χ1v) is 8.74. The van der Waals surface area contributed by atoms with Crippen LogP contribution in [0.1, 0.15) is 23.0 Å². The molecule has 2 aromatic carbocycles. The number of nitrogens with one attached hydrogen (secondary N) is 1. The molecule has 3 rings (SSSR count). The minimum Gasteiger partial charge on any atom is -0.449 e. The number of ether oxygens (including phenoxy) is 1. The van der Waals surface area contributed by atoms with Crippen molar-refractivity contribution in [3.05, 3.63) is 82.1 Å². The van der Waals surface area contributed by atoms with Gasteiger partial charge in [-0.15, -0.1) is 0 Å². The summed E-state index contributed by atoms with van der Waals surface area (Å²) in [5.41, 5.74) is 1.40. The van der Waals surface area contributed by atoms with Gasteiger partial charge in [0.2, 0.25) is 5.76 Å². The zero-order valence-electron chi connectivity index (χ0n) is 15.7. The van der Waals surface area contributed by atoms with E-state index < -0.39 is 22.9 Å². The molecule has 1 heterocycles. The van der Waals surface area contributed by atoms with Crippen molar-refractivity contribution in [3.63, 3.8) is 0 Å². The van der Waals surface area contributed by atoms with Gasteiger partial charge in [-0.3, -0.25) is 14.9 Å². The van der Waals surface area contributed by atoms with Crippen LogP contribution in [0.2, 0.25) is 0 Å². The molecular formula is C21H15N3O6. The molecule has 0 bridgehead atoms. The maximum absolute atomic E-state index is 12.3. The van der Waals surface area contributed by atoms with Crippen molar-refractivity contribution in [3.8, 4) is 17.4 Å². The van der Waals surface area contributed by atoms with Crippen molar-refractivity contribution >= 4 is 23.3 Å². The highest BCUT2D eigenvalue weighted by Crippen LogP contribution is 2.25. The number of benzene rings is 2. The van der Waals surface area contributed by atoms with Gasteiger partial charge in [0.05, 0.1) is 16.6 Å². The van der Waals surface area contributed by atoms with Gasteiger partial charge in [-0.2, -0.15) is 5.26 Å². The number of carbonyl (C=O) groups excluding carboxylic acids is 2. The molecule has 150 valence electrons. The van der Waals surface area contributed by atoms with Gasteiger partial charge in [0, 0.05) is 23.4 Å². The molecule has 0 saturated heterocycles. The Morgan fingerprint density at radius 2 is 1.77 bits per heavy atom. The third kappa shape index (κ3) is 4.69. The largest absolute Gasteiger partial charge is 0.449 e. The minimum atomic E-state index is -1.10. The van der Waals surface area contributed by atoms with Crippen molar-refractivity contribution in [2.45, 2.75) is 13.0 Å². The molecule has 0 radical (unpaired) electrons. The average Bonchev–Trinajstić information content (AvgIpc) is 3.24. The van der Waals surface area contributed by atoms with Gasteiger partial charge >= 0.3 is 5.97 Å². The van der Waals surface area contributed by atoms with E-state index >= 15 is 0 Å². The Kier molecular flexibility index (Phi) is 5.89. The van der Waals surface area contributed by atoms with E-state index in [1.165, 1.54) is 43.3 Å². The van der Waals surface area contributed by atoms with Crippen molar-refractivity contribution in [2.24, 2.45) is 0 Å². The third-order valence-electron chi connectivity index (χ3n) is 4.10. The second kappa shape index (κ2) is 8.70. The summed E-state index contributed by atoms with van der Waals surface area (Å²) in [4.78, 5) is 34.7. The summed E-state index contributed by atoms with van der Waals surface area (Å²) in [5, 5.41) is 22.1. The normalized spacial score (nSPS) is 11.2. The molecule has 1 atom stereocenters. The Bertz CT molecular complexity index is 1130. The van der Waals surface area contributed by atoms with Crippen LogP contribution >= 0.6 is 0 Å². The number of furan rings is 1. The molecule has 1 N–H and O–H groups in total. The number of nitriles is 1. The van der Waals surface area contributed by atoms with Crippen molar-refractivity contribution in [2.75, 3.05) is 5.32 Å². The molecule has 0 aliphatic carbocycles. The third-order valence-corrected chi connectivity index (χ3v) is 4.10. The molecule has 1 amide bonds. The predicted octanol–water partition coefficient (Wildman–Crippen LogP) is 3.91.